The summed E-state index contributed by atoms with van der Waals surface area (Å²) in [4.78, 5) is 19.7. The van der Waals surface area contributed by atoms with Crippen LogP contribution in [0, 0.1) is 0 Å². The van der Waals surface area contributed by atoms with Crippen LogP contribution in [0.3, 0.4) is 0 Å². The Balaban J connectivity index is 2.09. The summed E-state index contributed by atoms with van der Waals surface area (Å²) in [6.45, 7) is 0.315. The third-order valence-corrected chi connectivity index (χ3v) is 3.06. The first-order valence-corrected chi connectivity index (χ1v) is 6.21. The average Bonchev–Trinajstić information content (AvgIpc) is 3.07. The molecule has 106 valence electrons. The average molecular weight is 284 g/mol. The fourth-order valence-electron chi connectivity index (χ4n) is 2.01. The van der Waals surface area contributed by atoms with E-state index in [0.29, 0.717) is 17.9 Å². The zero-order valence-electron chi connectivity index (χ0n) is 11.2. The Hall–Kier alpha value is -3.03. The van der Waals surface area contributed by atoms with E-state index in [4.69, 9.17) is 0 Å². The fraction of sp³-hybridized carbons (Fsp3) is 0.154. The Morgan fingerprint density at radius 2 is 2.14 bits per heavy atom. The lowest BCUT2D eigenvalue weighted by Gasteiger charge is -2.06. The molecule has 8 nitrogen and oxygen atoms in total. The number of hydrogen-bond acceptors (Lipinski definition) is 5. The summed E-state index contributed by atoms with van der Waals surface area (Å²) in [5.41, 5.74) is 0.753. The molecule has 3 heterocycles. The van der Waals surface area contributed by atoms with Gasteiger partial charge in [0.1, 0.15) is 18.1 Å². The lowest BCUT2D eigenvalue weighted by atomic mass is 10.2. The molecule has 0 fully saturated rings. The Bertz CT molecular complexity index is 777. The van der Waals surface area contributed by atoms with E-state index in [0.717, 1.165) is 5.82 Å². The third kappa shape index (κ3) is 2.38. The largest absolute Gasteiger partial charge is 0.476 e. The molecule has 0 saturated carbocycles. The van der Waals surface area contributed by atoms with Crippen LogP contribution in [0.1, 0.15) is 16.3 Å². The SMILES string of the molecule is Cn1ccnc1Cn1nnc(C(=O)O)c1-c1ccccn1. The number of hydrogen-bond donors (Lipinski definition) is 1. The number of rotatable bonds is 4. The summed E-state index contributed by atoms with van der Waals surface area (Å²) in [6.07, 6.45) is 5.08. The van der Waals surface area contributed by atoms with Crippen molar-refractivity contribution in [2.24, 2.45) is 7.05 Å². The molecule has 0 spiro atoms. The number of nitrogens with zero attached hydrogens (tertiary/aromatic N) is 6. The van der Waals surface area contributed by atoms with E-state index in [1.165, 1.54) is 4.68 Å². The smallest absolute Gasteiger partial charge is 0.358 e. The van der Waals surface area contributed by atoms with Crippen LogP contribution < -0.4 is 0 Å². The van der Waals surface area contributed by atoms with Gasteiger partial charge in [0.25, 0.3) is 0 Å². The summed E-state index contributed by atoms with van der Waals surface area (Å²) >= 11 is 0. The zero-order valence-corrected chi connectivity index (χ0v) is 11.2. The number of carboxylic acids is 1. The molecular formula is C13H12N6O2. The van der Waals surface area contributed by atoms with E-state index in [-0.39, 0.29) is 5.69 Å². The fourth-order valence-corrected chi connectivity index (χ4v) is 2.01. The highest BCUT2D eigenvalue weighted by Gasteiger charge is 2.22. The number of pyridine rings is 1. The summed E-state index contributed by atoms with van der Waals surface area (Å²) in [7, 11) is 1.86. The van der Waals surface area contributed by atoms with Crippen molar-refractivity contribution < 1.29 is 9.90 Å². The molecule has 8 heteroatoms. The van der Waals surface area contributed by atoms with Gasteiger partial charge < -0.3 is 9.67 Å². The zero-order chi connectivity index (χ0) is 14.8. The molecule has 0 unspecified atom stereocenters. The number of carbonyl (C=O) groups is 1. The van der Waals surface area contributed by atoms with E-state index in [2.05, 4.69) is 20.3 Å². The molecule has 21 heavy (non-hydrogen) atoms. The lowest BCUT2D eigenvalue weighted by molar-refractivity contribution is 0.0691. The van der Waals surface area contributed by atoms with Gasteiger partial charge in [-0.3, -0.25) is 4.98 Å². The minimum absolute atomic E-state index is 0.122. The van der Waals surface area contributed by atoms with Crippen LogP contribution in [0.4, 0.5) is 0 Å². The van der Waals surface area contributed by atoms with Crippen molar-refractivity contribution in [1.29, 1.82) is 0 Å². The number of aryl methyl sites for hydroxylation is 1. The molecule has 0 bridgehead atoms. The van der Waals surface area contributed by atoms with E-state index in [1.54, 1.807) is 30.6 Å². The molecular weight excluding hydrogens is 272 g/mol. The van der Waals surface area contributed by atoms with E-state index in [1.807, 2.05) is 17.8 Å². The van der Waals surface area contributed by atoms with Gasteiger partial charge in [-0.1, -0.05) is 11.3 Å². The minimum atomic E-state index is -1.14. The van der Waals surface area contributed by atoms with Gasteiger partial charge in [-0.15, -0.1) is 5.10 Å². The Morgan fingerprint density at radius 3 is 2.76 bits per heavy atom. The van der Waals surface area contributed by atoms with Crippen molar-refractivity contribution >= 4 is 5.97 Å². The summed E-state index contributed by atoms with van der Waals surface area (Å²) in [5.74, 6) is -0.393. The third-order valence-electron chi connectivity index (χ3n) is 3.06. The Kier molecular flexibility index (Phi) is 3.19. The monoisotopic (exact) mass is 284 g/mol. The molecule has 1 N–H and O–H groups in total. The number of imidazole rings is 1. The molecule has 0 aliphatic carbocycles. The van der Waals surface area contributed by atoms with Crippen LogP contribution in [-0.4, -0.2) is 40.6 Å². The molecule has 0 aromatic carbocycles. The van der Waals surface area contributed by atoms with Crippen molar-refractivity contribution in [1.82, 2.24) is 29.5 Å². The summed E-state index contributed by atoms with van der Waals surface area (Å²) < 4.78 is 3.33. The summed E-state index contributed by atoms with van der Waals surface area (Å²) in [5, 5.41) is 16.9. The molecule has 0 radical (unpaired) electrons. The van der Waals surface area contributed by atoms with Gasteiger partial charge in [-0.05, 0) is 12.1 Å². The molecule has 0 atom stereocenters. The molecule has 0 saturated heterocycles. The molecule has 0 amide bonds. The second kappa shape index (κ2) is 5.16. The molecule has 3 rings (SSSR count). The van der Waals surface area contributed by atoms with Crippen molar-refractivity contribution in [3.05, 3.63) is 48.3 Å². The predicted octanol–water partition coefficient (Wildman–Crippen LogP) is 0.820. The van der Waals surface area contributed by atoms with Crippen molar-refractivity contribution in [3.8, 4) is 11.4 Å². The maximum Gasteiger partial charge on any atom is 0.358 e. The van der Waals surface area contributed by atoms with Crippen molar-refractivity contribution in [2.45, 2.75) is 6.54 Å². The lowest BCUT2D eigenvalue weighted by Crippen LogP contribution is -2.10. The van der Waals surface area contributed by atoms with Crippen molar-refractivity contribution in [2.75, 3.05) is 0 Å². The van der Waals surface area contributed by atoms with Gasteiger partial charge in [0.05, 0.1) is 5.69 Å². The highest BCUT2D eigenvalue weighted by molar-refractivity contribution is 5.92. The summed E-state index contributed by atoms with van der Waals surface area (Å²) in [6, 6.07) is 5.27. The maximum atomic E-state index is 11.3. The molecule has 3 aromatic rings. The first kappa shape index (κ1) is 13.0. The number of aromatic carboxylic acids is 1. The van der Waals surface area contributed by atoms with Crippen LogP contribution in [0.5, 0.6) is 0 Å². The maximum absolute atomic E-state index is 11.3. The van der Waals surface area contributed by atoms with Gasteiger partial charge in [-0.25, -0.2) is 14.5 Å². The first-order chi connectivity index (χ1) is 10.2. The number of carboxylic acid groups (broad SMARTS) is 1. The number of aromatic nitrogens is 6. The van der Waals surface area contributed by atoms with E-state index in [9.17, 15) is 9.90 Å². The van der Waals surface area contributed by atoms with Gasteiger partial charge in [-0.2, -0.15) is 0 Å². The van der Waals surface area contributed by atoms with Gasteiger partial charge in [0, 0.05) is 25.6 Å². The Labute approximate surface area is 119 Å². The van der Waals surface area contributed by atoms with Crippen LogP contribution in [0.25, 0.3) is 11.4 Å². The van der Waals surface area contributed by atoms with Gasteiger partial charge >= 0.3 is 5.97 Å². The molecule has 3 aromatic heterocycles. The van der Waals surface area contributed by atoms with Gasteiger partial charge in [0.2, 0.25) is 0 Å². The van der Waals surface area contributed by atoms with E-state index < -0.39 is 5.97 Å². The highest BCUT2D eigenvalue weighted by atomic mass is 16.4. The predicted molar refractivity (Wildman–Crippen MR) is 72.5 cm³/mol. The van der Waals surface area contributed by atoms with Crippen molar-refractivity contribution in [3.63, 3.8) is 0 Å². The highest BCUT2D eigenvalue weighted by Crippen LogP contribution is 2.20. The molecule has 0 aliphatic rings. The van der Waals surface area contributed by atoms with Crippen LogP contribution in [0.2, 0.25) is 0 Å². The second-order valence-electron chi connectivity index (χ2n) is 4.42. The topological polar surface area (TPSA) is 98.7 Å². The molecule has 0 aliphatic heterocycles. The van der Waals surface area contributed by atoms with E-state index >= 15 is 0 Å². The standard InChI is InChI=1S/C13H12N6O2/c1-18-7-6-15-10(18)8-19-12(9-4-2-3-5-14-9)11(13(20)21)16-17-19/h2-7H,8H2,1H3,(H,20,21). The van der Waals surface area contributed by atoms with Crippen LogP contribution in [0.15, 0.2) is 36.8 Å². The minimum Gasteiger partial charge on any atom is -0.476 e. The van der Waals surface area contributed by atoms with Crippen LogP contribution in [-0.2, 0) is 13.6 Å². The normalized spacial score (nSPS) is 10.7. The first-order valence-electron chi connectivity index (χ1n) is 6.21. The second-order valence-corrected chi connectivity index (χ2v) is 4.42. The van der Waals surface area contributed by atoms with Crippen LogP contribution >= 0.6 is 0 Å². The van der Waals surface area contributed by atoms with Gasteiger partial charge in [0.15, 0.2) is 5.69 Å². The Morgan fingerprint density at radius 1 is 1.29 bits per heavy atom. The quantitative estimate of drug-likeness (QED) is 0.761.